The van der Waals surface area contributed by atoms with Crippen molar-refractivity contribution in [2.75, 3.05) is 6.54 Å². The summed E-state index contributed by atoms with van der Waals surface area (Å²) < 4.78 is 7.37. The average Bonchev–Trinajstić information content (AvgIpc) is 3.45. The number of aromatic nitrogens is 5. The van der Waals surface area contributed by atoms with E-state index in [0.717, 1.165) is 29.6 Å². The quantitative estimate of drug-likeness (QED) is 0.547. The molecule has 1 saturated heterocycles. The number of hydrogen-bond acceptors (Lipinski definition) is 6. The second-order valence-electron chi connectivity index (χ2n) is 6.95. The molecule has 8 heteroatoms. The van der Waals surface area contributed by atoms with Crippen LogP contribution in [-0.2, 0) is 0 Å². The molecule has 1 aliphatic rings. The Hall–Kier alpha value is -3.55. The van der Waals surface area contributed by atoms with E-state index in [1.165, 1.54) is 0 Å². The van der Waals surface area contributed by atoms with Gasteiger partial charge in [-0.1, -0.05) is 11.2 Å². The summed E-state index contributed by atoms with van der Waals surface area (Å²) in [5.74, 6) is 0.838. The average molecular weight is 374 g/mol. The second kappa shape index (κ2) is 6.56. The third-order valence-corrected chi connectivity index (χ3v) is 5.00. The molecule has 1 atom stereocenters. The SMILES string of the molecule is Cc1ccc2nc(C(=O)N3CCC[C@H]3c3nc(-c4ccncc4)no3)cn2c1. The smallest absolute Gasteiger partial charge is 0.274 e. The van der Waals surface area contributed by atoms with Gasteiger partial charge in [0.2, 0.25) is 11.7 Å². The lowest BCUT2D eigenvalue weighted by Crippen LogP contribution is -2.31. The molecular formula is C20H18N6O2. The van der Waals surface area contributed by atoms with Gasteiger partial charge in [0.05, 0.1) is 0 Å². The zero-order valence-corrected chi connectivity index (χ0v) is 15.3. The van der Waals surface area contributed by atoms with E-state index < -0.39 is 0 Å². The molecule has 5 heterocycles. The molecule has 8 nitrogen and oxygen atoms in total. The van der Waals surface area contributed by atoms with Gasteiger partial charge in [-0.3, -0.25) is 9.78 Å². The Kier molecular flexibility index (Phi) is 3.89. The Balaban J connectivity index is 1.43. The first kappa shape index (κ1) is 16.6. The van der Waals surface area contributed by atoms with Gasteiger partial charge >= 0.3 is 0 Å². The van der Waals surface area contributed by atoms with Gasteiger partial charge in [0.25, 0.3) is 5.91 Å². The van der Waals surface area contributed by atoms with E-state index in [0.29, 0.717) is 24.0 Å². The topological polar surface area (TPSA) is 89.4 Å². The van der Waals surface area contributed by atoms with Crippen LogP contribution in [0.15, 0.2) is 53.6 Å². The third-order valence-electron chi connectivity index (χ3n) is 5.00. The second-order valence-corrected chi connectivity index (χ2v) is 6.95. The summed E-state index contributed by atoms with van der Waals surface area (Å²) in [5, 5.41) is 4.07. The van der Waals surface area contributed by atoms with Gasteiger partial charge in [-0.2, -0.15) is 4.98 Å². The van der Waals surface area contributed by atoms with E-state index in [1.54, 1.807) is 23.5 Å². The lowest BCUT2D eigenvalue weighted by molar-refractivity contribution is 0.0705. The maximum atomic E-state index is 13.1. The molecule has 0 saturated carbocycles. The van der Waals surface area contributed by atoms with Crippen LogP contribution in [0.1, 0.15) is 40.8 Å². The Morgan fingerprint density at radius 2 is 2.00 bits per heavy atom. The number of fused-ring (bicyclic) bond motifs is 1. The molecule has 5 rings (SSSR count). The van der Waals surface area contributed by atoms with E-state index in [2.05, 4.69) is 20.1 Å². The lowest BCUT2D eigenvalue weighted by atomic mass is 10.2. The number of hydrogen-bond donors (Lipinski definition) is 0. The number of nitrogens with zero attached hydrogens (tertiary/aromatic N) is 6. The van der Waals surface area contributed by atoms with Crippen molar-refractivity contribution in [1.29, 1.82) is 0 Å². The van der Waals surface area contributed by atoms with Crippen LogP contribution < -0.4 is 0 Å². The fourth-order valence-electron chi connectivity index (χ4n) is 3.61. The Labute approximate surface area is 160 Å². The third kappa shape index (κ3) is 2.83. The number of aryl methyl sites for hydroxylation is 1. The highest BCUT2D eigenvalue weighted by Crippen LogP contribution is 2.33. The van der Waals surface area contributed by atoms with Crippen molar-refractivity contribution in [3.8, 4) is 11.4 Å². The van der Waals surface area contributed by atoms with Crippen LogP contribution in [0.4, 0.5) is 0 Å². The van der Waals surface area contributed by atoms with Gasteiger partial charge in [0, 0.05) is 36.9 Å². The van der Waals surface area contributed by atoms with Crippen LogP contribution in [0.5, 0.6) is 0 Å². The zero-order chi connectivity index (χ0) is 19.1. The van der Waals surface area contributed by atoms with Gasteiger partial charge in [-0.05, 0) is 43.5 Å². The van der Waals surface area contributed by atoms with Crippen LogP contribution in [0.3, 0.4) is 0 Å². The van der Waals surface area contributed by atoms with E-state index >= 15 is 0 Å². The maximum Gasteiger partial charge on any atom is 0.274 e. The predicted octanol–water partition coefficient (Wildman–Crippen LogP) is 3.07. The highest BCUT2D eigenvalue weighted by molar-refractivity contribution is 5.93. The minimum Gasteiger partial charge on any atom is -0.337 e. The molecule has 0 aliphatic carbocycles. The first-order valence-electron chi connectivity index (χ1n) is 9.19. The molecule has 0 bridgehead atoms. The molecule has 0 radical (unpaired) electrons. The first-order valence-corrected chi connectivity index (χ1v) is 9.19. The summed E-state index contributed by atoms with van der Waals surface area (Å²) in [4.78, 5) is 27.9. The number of pyridine rings is 2. The molecule has 4 aromatic rings. The first-order chi connectivity index (χ1) is 13.7. The van der Waals surface area contributed by atoms with Gasteiger partial charge < -0.3 is 13.8 Å². The highest BCUT2D eigenvalue weighted by Gasteiger charge is 2.35. The van der Waals surface area contributed by atoms with Crippen molar-refractivity contribution in [2.45, 2.75) is 25.8 Å². The molecule has 0 aromatic carbocycles. The van der Waals surface area contributed by atoms with Crippen molar-refractivity contribution in [2.24, 2.45) is 0 Å². The van der Waals surface area contributed by atoms with Gasteiger partial charge in [-0.25, -0.2) is 4.98 Å². The minimum absolute atomic E-state index is 0.118. The van der Waals surface area contributed by atoms with Crippen LogP contribution in [-0.4, -0.2) is 41.9 Å². The summed E-state index contributed by atoms with van der Waals surface area (Å²) >= 11 is 0. The lowest BCUT2D eigenvalue weighted by Gasteiger charge is -2.20. The van der Waals surface area contributed by atoms with Crippen LogP contribution in [0.25, 0.3) is 17.0 Å². The van der Waals surface area contributed by atoms with Gasteiger partial charge in [-0.15, -0.1) is 0 Å². The standard InChI is InChI=1S/C20H18N6O2/c1-13-4-5-17-22-15(12-25(17)11-13)20(27)26-10-2-3-16(26)19-23-18(24-28-19)14-6-8-21-9-7-14/h4-9,11-12,16H,2-3,10H2,1H3/t16-/m0/s1. The molecular weight excluding hydrogens is 356 g/mol. The summed E-state index contributed by atoms with van der Waals surface area (Å²) in [7, 11) is 0. The van der Waals surface area contributed by atoms with Crippen LogP contribution in [0.2, 0.25) is 0 Å². The van der Waals surface area contributed by atoms with Crippen molar-refractivity contribution in [3.05, 3.63) is 66.2 Å². The Morgan fingerprint density at radius 3 is 2.86 bits per heavy atom. The Morgan fingerprint density at radius 1 is 1.14 bits per heavy atom. The van der Waals surface area contributed by atoms with Gasteiger partial charge in [0.1, 0.15) is 17.4 Å². The normalized spacial score (nSPS) is 16.8. The number of rotatable bonds is 3. The minimum atomic E-state index is -0.234. The number of imidazole rings is 1. The predicted molar refractivity (Wildman–Crippen MR) is 100 cm³/mol. The van der Waals surface area contributed by atoms with Gasteiger partial charge in [0.15, 0.2) is 0 Å². The van der Waals surface area contributed by atoms with E-state index in [9.17, 15) is 4.79 Å². The number of likely N-dealkylation sites (tertiary alicyclic amines) is 1. The monoisotopic (exact) mass is 374 g/mol. The van der Waals surface area contributed by atoms with E-state index in [-0.39, 0.29) is 11.9 Å². The highest BCUT2D eigenvalue weighted by atomic mass is 16.5. The van der Waals surface area contributed by atoms with Crippen molar-refractivity contribution in [3.63, 3.8) is 0 Å². The molecule has 1 aliphatic heterocycles. The van der Waals surface area contributed by atoms with Crippen LogP contribution >= 0.6 is 0 Å². The fourth-order valence-corrected chi connectivity index (χ4v) is 3.61. The summed E-state index contributed by atoms with van der Waals surface area (Å²) in [6.45, 7) is 2.65. The summed E-state index contributed by atoms with van der Waals surface area (Å²) in [6.07, 6.45) is 8.77. The molecule has 0 unspecified atom stereocenters. The van der Waals surface area contributed by atoms with Crippen LogP contribution in [0, 0.1) is 6.92 Å². The number of carbonyl (C=O) groups is 1. The fraction of sp³-hybridized carbons (Fsp3) is 0.250. The maximum absolute atomic E-state index is 13.1. The Bertz CT molecular complexity index is 1150. The van der Waals surface area contributed by atoms with Crippen molar-refractivity contribution < 1.29 is 9.32 Å². The van der Waals surface area contributed by atoms with E-state index in [4.69, 9.17) is 4.52 Å². The summed E-state index contributed by atoms with van der Waals surface area (Å²) in [6, 6.07) is 7.30. The van der Waals surface area contributed by atoms with Crippen molar-refractivity contribution in [1.82, 2.24) is 29.4 Å². The molecule has 0 spiro atoms. The summed E-state index contributed by atoms with van der Waals surface area (Å²) in [5.41, 5.74) is 3.11. The molecule has 140 valence electrons. The largest absolute Gasteiger partial charge is 0.337 e. The molecule has 28 heavy (non-hydrogen) atoms. The van der Waals surface area contributed by atoms with E-state index in [1.807, 2.05) is 41.8 Å². The molecule has 4 aromatic heterocycles. The molecule has 1 amide bonds. The molecule has 1 fully saturated rings. The van der Waals surface area contributed by atoms with Crippen molar-refractivity contribution >= 4 is 11.6 Å². The molecule has 0 N–H and O–H groups in total. The number of amides is 1. The number of carbonyl (C=O) groups excluding carboxylic acids is 1. The zero-order valence-electron chi connectivity index (χ0n) is 15.3.